The number of benzene rings is 1. The highest BCUT2D eigenvalue weighted by Crippen LogP contribution is 2.28. The molecule has 5 nitrogen and oxygen atoms in total. The molecule has 0 bridgehead atoms. The van der Waals surface area contributed by atoms with Crippen molar-refractivity contribution in [2.75, 3.05) is 32.8 Å². The second-order valence-electron chi connectivity index (χ2n) is 7.84. The molecule has 2 N–H and O–H groups in total. The van der Waals surface area contributed by atoms with Gasteiger partial charge in [0.25, 0.3) is 0 Å². The SMILES string of the molecule is CC(C)(C)c1[nH]ncc1CNCC(c1ccccc1Cl)N1CCOCC1. The number of nitrogens with zero attached hydrogens (tertiary/aromatic N) is 2. The maximum absolute atomic E-state index is 6.50. The van der Waals surface area contributed by atoms with E-state index in [4.69, 9.17) is 16.3 Å². The van der Waals surface area contributed by atoms with E-state index in [0.29, 0.717) is 0 Å². The molecule has 2 aromatic rings. The largest absolute Gasteiger partial charge is 0.379 e. The van der Waals surface area contributed by atoms with Crippen molar-refractivity contribution in [3.05, 3.63) is 52.3 Å². The molecule has 1 atom stereocenters. The number of aromatic nitrogens is 2. The van der Waals surface area contributed by atoms with Gasteiger partial charge in [-0.05, 0) is 11.6 Å². The van der Waals surface area contributed by atoms with Gasteiger partial charge < -0.3 is 10.1 Å². The Labute approximate surface area is 161 Å². The molecule has 142 valence electrons. The molecule has 0 saturated carbocycles. The van der Waals surface area contributed by atoms with Gasteiger partial charge in [0.15, 0.2) is 0 Å². The number of halogens is 1. The van der Waals surface area contributed by atoms with Crippen LogP contribution < -0.4 is 5.32 Å². The summed E-state index contributed by atoms with van der Waals surface area (Å²) in [6.07, 6.45) is 1.92. The first kappa shape index (κ1) is 19.4. The normalized spacial score (nSPS) is 17.4. The van der Waals surface area contributed by atoms with Gasteiger partial charge in [0.2, 0.25) is 0 Å². The van der Waals surface area contributed by atoms with Gasteiger partial charge >= 0.3 is 0 Å². The third-order valence-corrected chi connectivity index (χ3v) is 5.22. The van der Waals surface area contributed by atoms with Gasteiger partial charge in [-0.2, -0.15) is 5.10 Å². The number of rotatable bonds is 6. The average molecular weight is 377 g/mol. The Balaban J connectivity index is 1.71. The summed E-state index contributed by atoms with van der Waals surface area (Å²) in [7, 11) is 0. The van der Waals surface area contributed by atoms with Crippen LogP contribution >= 0.6 is 11.6 Å². The molecule has 1 fully saturated rings. The number of ether oxygens (including phenoxy) is 1. The fourth-order valence-electron chi connectivity index (χ4n) is 3.51. The fraction of sp³-hybridized carbons (Fsp3) is 0.550. The highest BCUT2D eigenvalue weighted by atomic mass is 35.5. The van der Waals surface area contributed by atoms with E-state index in [-0.39, 0.29) is 11.5 Å². The molecule has 1 unspecified atom stereocenters. The van der Waals surface area contributed by atoms with E-state index in [2.05, 4.69) is 53.3 Å². The fourth-order valence-corrected chi connectivity index (χ4v) is 3.77. The summed E-state index contributed by atoms with van der Waals surface area (Å²) in [6, 6.07) is 8.37. The number of nitrogens with one attached hydrogen (secondary N) is 2. The average Bonchev–Trinajstić information content (AvgIpc) is 3.09. The van der Waals surface area contributed by atoms with Crippen LogP contribution in [0.5, 0.6) is 0 Å². The molecule has 2 heterocycles. The quantitative estimate of drug-likeness (QED) is 0.809. The number of morpholine rings is 1. The molecule has 1 aliphatic rings. The van der Waals surface area contributed by atoms with Crippen molar-refractivity contribution in [1.29, 1.82) is 0 Å². The number of hydrogen-bond acceptors (Lipinski definition) is 4. The zero-order chi connectivity index (χ0) is 18.6. The lowest BCUT2D eigenvalue weighted by Crippen LogP contribution is -2.43. The molecule has 0 spiro atoms. The number of H-pyrrole nitrogens is 1. The van der Waals surface area contributed by atoms with E-state index in [1.165, 1.54) is 16.8 Å². The van der Waals surface area contributed by atoms with Crippen molar-refractivity contribution >= 4 is 11.6 Å². The maximum Gasteiger partial charge on any atom is 0.0594 e. The van der Waals surface area contributed by atoms with Crippen molar-refractivity contribution in [3.8, 4) is 0 Å². The van der Waals surface area contributed by atoms with Crippen LogP contribution in [0.15, 0.2) is 30.5 Å². The zero-order valence-electron chi connectivity index (χ0n) is 15.9. The molecule has 1 aliphatic heterocycles. The predicted octanol–water partition coefficient (Wildman–Crippen LogP) is 3.52. The molecule has 26 heavy (non-hydrogen) atoms. The Hall–Kier alpha value is -1.40. The summed E-state index contributed by atoms with van der Waals surface area (Å²) in [5.74, 6) is 0. The topological polar surface area (TPSA) is 53.2 Å². The van der Waals surface area contributed by atoms with Crippen LogP contribution in [0.3, 0.4) is 0 Å². The monoisotopic (exact) mass is 376 g/mol. The lowest BCUT2D eigenvalue weighted by molar-refractivity contribution is 0.0161. The zero-order valence-corrected chi connectivity index (χ0v) is 16.6. The number of aromatic amines is 1. The van der Waals surface area contributed by atoms with Gasteiger partial charge in [-0.3, -0.25) is 10.00 Å². The number of hydrogen-bond donors (Lipinski definition) is 2. The lowest BCUT2D eigenvalue weighted by Gasteiger charge is -2.35. The van der Waals surface area contributed by atoms with Crippen LogP contribution in [0.25, 0.3) is 0 Å². The standard InChI is InChI=1S/C20H29ClN4O/c1-20(2,3)19-15(13-23-24-19)12-22-14-18(25-8-10-26-11-9-25)16-6-4-5-7-17(16)21/h4-7,13,18,22H,8-12,14H2,1-3H3,(H,23,24). The molecule has 3 rings (SSSR count). The van der Waals surface area contributed by atoms with Crippen LogP contribution in [-0.2, 0) is 16.7 Å². The van der Waals surface area contributed by atoms with Crippen molar-refractivity contribution in [3.63, 3.8) is 0 Å². The highest BCUT2D eigenvalue weighted by molar-refractivity contribution is 6.31. The summed E-state index contributed by atoms with van der Waals surface area (Å²) >= 11 is 6.50. The summed E-state index contributed by atoms with van der Waals surface area (Å²) in [5, 5.41) is 11.8. The lowest BCUT2D eigenvalue weighted by atomic mass is 9.89. The van der Waals surface area contributed by atoms with E-state index in [1.807, 2.05) is 18.3 Å². The van der Waals surface area contributed by atoms with Crippen LogP contribution in [0.1, 0.15) is 43.6 Å². The van der Waals surface area contributed by atoms with Crippen LogP contribution in [0.4, 0.5) is 0 Å². The van der Waals surface area contributed by atoms with Crippen molar-refractivity contribution in [2.24, 2.45) is 0 Å². The van der Waals surface area contributed by atoms with E-state index < -0.39 is 0 Å². The van der Waals surface area contributed by atoms with Gasteiger partial charge in [-0.25, -0.2) is 0 Å². The Morgan fingerprint density at radius 1 is 1.27 bits per heavy atom. The smallest absolute Gasteiger partial charge is 0.0594 e. The van der Waals surface area contributed by atoms with Crippen molar-refractivity contribution in [2.45, 2.75) is 38.8 Å². The first-order valence-corrected chi connectivity index (χ1v) is 9.64. The molecule has 1 aromatic carbocycles. The molecule has 0 aliphatic carbocycles. The minimum atomic E-state index is 0.0554. The maximum atomic E-state index is 6.50. The first-order chi connectivity index (χ1) is 12.5. The molecule has 1 saturated heterocycles. The van der Waals surface area contributed by atoms with Gasteiger partial charge in [0, 0.05) is 53.9 Å². The summed E-state index contributed by atoms with van der Waals surface area (Å²) < 4.78 is 5.53. The third-order valence-electron chi connectivity index (χ3n) is 4.87. The molecule has 0 radical (unpaired) electrons. The van der Waals surface area contributed by atoms with E-state index in [0.717, 1.165) is 44.4 Å². The molecule has 6 heteroatoms. The summed E-state index contributed by atoms with van der Waals surface area (Å²) in [6.45, 7) is 11.6. The van der Waals surface area contributed by atoms with E-state index in [1.54, 1.807) is 0 Å². The van der Waals surface area contributed by atoms with E-state index >= 15 is 0 Å². The predicted molar refractivity (Wildman–Crippen MR) is 106 cm³/mol. The van der Waals surface area contributed by atoms with E-state index in [9.17, 15) is 0 Å². The Bertz CT molecular complexity index is 704. The molecule has 1 aromatic heterocycles. The summed E-state index contributed by atoms with van der Waals surface area (Å²) in [4.78, 5) is 2.46. The van der Waals surface area contributed by atoms with Crippen molar-refractivity contribution in [1.82, 2.24) is 20.4 Å². The van der Waals surface area contributed by atoms with Gasteiger partial charge in [0.1, 0.15) is 0 Å². The second kappa shape index (κ2) is 8.53. The van der Waals surface area contributed by atoms with Crippen LogP contribution in [0.2, 0.25) is 5.02 Å². The molecular formula is C20H29ClN4O. The van der Waals surface area contributed by atoms with Crippen LogP contribution in [0, 0.1) is 0 Å². The van der Waals surface area contributed by atoms with Crippen molar-refractivity contribution < 1.29 is 4.74 Å². The van der Waals surface area contributed by atoms with Gasteiger partial charge in [-0.15, -0.1) is 0 Å². The Morgan fingerprint density at radius 2 is 2.00 bits per heavy atom. The molecule has 0 amide bonds. The second-order valence-corrected chi connectivity index (χ2v) is 8.24. The minimum Gasteiger partial charge on any atom is -0.379 e. The minimum absolute atomic E-state index is 0.0554. The summed E-state index contributed by atoms with van der Waals surface area (Å²) in [5.41, 5.74) is 3.63. The van der Waals surface area contributed by atoms with Gasteiger partial charge in [0.05, 0.1) is 19.4 Å². The first-order valence-electron chi connectivity index (χ1n) is 9.26. The molecular weight excluding hydrogens is 348 g/mol. The van der Waals surface area contributed by atoms with Crippen LogP contribution in [-0.4, -0.2) is 47.9 Å². The Morgan fingerprint density at radius 3 is 2.69 bits per heavy atom. The Kier molecular flexibility index (Phi) is 6.35. The highest BCUT2D eigenvalue weighted by Gasteiger charge is 2.25. The third kappa shape index (κ3) is 4.65. The van der Waals surface area contributed by atoms with Gasteiger partial charge in [-0.1, -0.05) is 50.6 Å².